The Hall–Kier alpha value is -4.69. The number of anilines is 1. The molecule has 15 heteroatoms. The second kappa shape index (κ2) is 13.3. The minimum absolute atomic E-state index is 0.0459. The molecule has 0 aromatic heterocycles. The van der Waals surface area contributed by atoms with Crippen LogP contribution in [0, 0.1) is 17.6 Å². The lowest BCUT2D eigenvalue weighted by atomic mass is 10.0. The molecule has 4 aliphatic rings. The average molecular weight is 691 g/mol. The van der Waals surface area contributed by atoms with Crippen molar-refractivity contribution in [1.29, 1.82) is 0 Å². The molecule has 3 heterocycles. The number of ether oxygens (including phenoxy) is 1. The van der Waals surface area contributed by atoms with Crippen LogP contribution in [0.2, 0.25) is 0 Å². The molecule has 5 atom stereocenters. The van der Waals surface area contributed by atoms with Gasteiger partial charge in [-0.05, 0) is 55.5 Å². The van der Waals surface area contributed by atoms with Gasteiger partial charge in [-0.2, -0.15) is 13.2 Å². The van der Waals surface area contributed by atoms with Gasteiger partial charge in [-0.3, -0.25) is 14.5 Å². The molecule has 49 heavy (non-hydrogen) atoms. The summed E-state index contributed by atoms with van der Waals surface area (Å²) in [6.45, 7) is -0.243. The predicted molar refractivity (Wildman–Crippen MR) is 164 cm³/mol. The number of carboxylic acid groups (broad SMARTS) is 1. The van der Waals surface area contributed by atoms with E-state index in [1.165, 1.54) is 17.0 Å². The number of amides is 3. The van der Waals surface area contributed by atoms with Crippen LogP contribution >= 0.6 is 0 Å². The van der Waals surface area contributed by atoms with E-state index >= 15 is 0 Å². The topological polar surface area (TPSA) is 128 Å². The number of nitrogens with zero attached hydrogens (tertiary/aromatic N) is 2. The van der Waals surface area contributed by atoms with Gasteiger partial charge in [0.15, 0.2) is 0 Å². The molecule has 0 bridgehead atoms. The predicted octanol–water partition coefficient (Wildman–Crippen LogP) is 5.37. The lowest BCUT2D eigenvalue weighted by Gasteiger charge is -2.30. The second-order valence-corrected chi connectivity index (χ2v) is 13.0. The highest BCUT2D eigenvalue weighted by molar-refractivity contribution is 5.96. The molecule has 10 nitrogen and oxygen atoms in total. The van der Waals surface area contributed by atoms with Gasteiger partial charge >= 0.3 is 18.2 Å². The molecule has 0 spiro atoms. The standard InChI is InChI=1S/C34H35F5N4O6/c35-22-11-21(34(37,38)39)12-23(13-22)40-27-10-5-3-1-2-4-8-20-15-33(20,31(46)47)41-29(44)28-14-24(17-43(28)30(27)45)49-32(48)42-16-19-7-6-9-26(36)25(19)18-42/h4,6-9,11-13,20,24,27-28,40H,1-3,5,10,14-18H2,(H,41,44)(H,46,47)/b8-4-/t20-,24-,27+,28+,33-/m1/s1. The number of alkyl halides is 3. The van der Waals surface area contributed by atoms with Crippen LogP contribution in [0.4, 0.5) is 32.4 Å². The Kier molecular flexibility index (Phi) is 9.29. The first-order valence-electron chi connectivity index (χ1n) is 16.1. The Morgan fingerprint density at radius 3 is 2.59 bits per heavy atom. The summed E-state index contributed by atoms with van der Waals surface area (Å²) in [5, 5.41) is 15.4. The Labute approximate surface area is 278 Å². The van der Waals surface area contributed by atoms with Crippen LogP contribution in [0.15, 0.2) is 48.6 Å². The van der Waals surface area contributed by atoms with Crippen LogP contribution in [-0.2, 0) is 38.4 Å². The first kappa shape index (κ1) is 34.2. The van der Waals surface area contributed by atoms with E-state index < -0.39 is 76.9 Å². The maximum absolute atomic E-state index is 14.3. The van der Waals surface area contributed by atoms with E-state index in [0.29, 0.717) is 48.9 Å². The highest BCUT2D eigenvalue weighted by atomic mass is 19.4. The largest absolute Gasteiger partial charge is 0.479 e. The number of rotatable bonds is 4. The third-order valence-electron chi connectivity index (χ3n) is 9.64. The molecule has 1 saturated heterocycles. The molecule has 3 N–H and O–H groups in total. The maximum Gasteiger partial charge on any atom is 0.416 e. The van der Waals surface area contributed by atoms with Crippen molar-refractivity contribution < 1.29 is 51.0 Å². The SMILES string of the molecule is O=C1N[C@]2(C(=O)O)C[C@H]2/C=C\CCCCC[C@H](Nc2cc(F)cc(C(F)(F)F)c2)C(=O)N2C[C@H](OC(=O)N3Cc4cccc(F)c4C3)C[C@@H]12. The lowest BCUT2D eigenvalue weighted by molar-refractivity contribution is -0.145. The summed E-state index contributed by atoms with van der Waals surface area (Å²) >= 11 is 0. The Balaban J connectivity index is 1.27. The number of nitrogens with one attached hydrogen (secondary N) is 2. The number of carbonyl (C=O) groups excluding carboxylic acids is 3. The normalized spacial score (nSPS) is 27.9. The van der Waals surface area contributed by atoms with Crippen molar-refractivity contribution in [2.24, 2.45) is 5.92 Å². The molecule has 2 aromatic rings. The second-order valence-electron chi connectivity index (χ2n) is 13.0. The van der Waals surface area contributed by atoms with Gasteiger partial charge in [-0.1, -0.05) is 37.1 Å². The van der Waals surface area contributed by atoms with Gasteiger partial charge in [0.05, 0.1) is 18.7 Å². The summed E-state index contributed by atoms with van der Waals surface area (Å²) in [6.07, 6.45) is -0.650. The quantitative estimate of drug-likeness (QED) is 0.291. The zero-order valence-corrected chi connectivity index (χ0v) is 26.3. The van der Waals surface area contributed by atoms with Gasteiger partial charge in [0.25, 0.3) is 0 Å². The van der Waals surface area contributed by atoms with Crippen molar-refractivity contribution in [1.82, 2.24) is 15.1 Å². The van der Waals surface area contributed by atoms with Gasteiger partial charge in [0, 0.05) is 30.1 Å². The monoisotopic (exact) mass is 690 g/mol. The number of halogens is 5. The lowest BCUT2D eigenvalue weighted by Crippen LogP contribution is -2.55. The average Bonchev–Trinajstić information content (AvgIpc) is 3.34. The fourth-order valence-corrected chi connectivity index (χ4v) is 6.91. The van der Waals surface area contributed by atoms with Gasteiger partial charge < -0.3 is 25.4 Å². The number of carboxylic acids is 1. The van der Waals surface area contributed by atoms with E-state index in [1.807, 2.05) is 6.08 Å². The van der Waals surface area contributed by atoms with Crippen molar-refractivity contribution in [2.45, 2.75) is 87.9 Å². The Bertz CT molecular complexity index is 1680. The number of aliphatic carboxylic acids is 1. The summed E-state index contributed by atoms with van der Waals surface area (Å²) in [6, 6.07) is 3.86. The van der Waals surface area contributed by atoms with Gasteiger partial charge in [0.2, 0.25) is 11.8 Å². The smallest absolute Gasteiger partial charge is 0.416 e. The van der Waals surface area contributed by atoms with Gasteiger partial charge in [0.1, 0.15) is 35.4 Å². The van der Waals surface area contributed by atoms with Crippen molar-refractivity contribution >= 4 is 29.6 Å². The summed E-state index contributed by atoms with van der Waals surface area (Å²) in [5.74, 6) is -4.86. The molecule has 0 radical (unpaired) electrons. The molecule has 2 aromatic carbocycles. The van der Waals surface area contributed by atoms with E-state index in [-0.39, 0.29) is 44.6 Å². The Morgan fingerprint density at radius 1 is 1.06 bits per heavy atom. The molecule has 3 aliphatic heterocycles. The van der Waals surface area contributed by atoms with Crippen LogP contribution in [-0.4, -0.2) is 69.1 Å². The molecule has 1 aliphatic carbocycles. The third-order valence-corrected chi connectivity index (χ3v) is 9.64. The summed E-state index contributed by atoms with van der Waals surface area (Å²) in [7, 11) is 0. The van der Waals surface area contributed by atoms with E-state index in [0.717, 1.165) is 11.0 Å². The molecule has 3 amide bonds. The number of hydrogen-bond donors (Lipinski definition) is 3. The minimum Gasteiger partial charge on any atom is -0.479 e. The first-order valence-corrected chi connectivity index (χ1v) is 16.1. The maximum atomic E-state index is 14.3. The van der Waals surface area contributed by atoms with E-state index in [1.54, 1.807) is 12.1 Å². The minimum atomic E-state index is -4.85. The van der Waals surface area contributed by atoms with Crippen molar-refractivity contribution in [3.05, 3.63) is 76.9 Å². The summed E-state index contributed by atoms with van der Waals surface area (Å²) in [4.78, 5) is 55.9. The molecular formula is C34H35F5N4O6. The number of fused-ring (bicyclic) bond motifs is 3. The number of carbonyl (C=O) groups is 4. The van der Waals surface area contributed by atoms with Crippen molar-refractivity contribution in [2.75, 3.05) is 11.9 Å². The van der Waals surface area contributed by atoms with E-state index in [4.69, 9.17) is 4.74 Å². The van der Waals surface area contributed by atoms with Gasteiger partial charge in [-0.15, -0.1) is 0 Å². The van der Waals surface area contributed by atoms with Crippen molar-refractivity contribution in [3.8, 4) is 0 Å². The number of hydrogen-bond acceptors (Lipinski definition) is 6. The molecule has 1 saturated carbocycles. The molecule has 0 unspecified atom stereocenters. The summed E-state index contributed by atoms with van der Waals surface area (Å²) < 4.78 is 74.8. The Morgan fingerprint density at radius 2 is 1.86 bits per heavy atom. The fraction of sp³-hybridized carbons (Fsp3) is 0.471. The van der Waals surface area contributed by atoms with Crippen LogP contribution in [0.5, 0.6) is 0 Å². The van der Waals surface area contributed by atoms with E-state index in [9.17, 15) is 46.2 Å². The van der Waals surface area contributed by atoms with Gasteiger partial charge in [-0.25, -0.2) is 18.4 Å². The highest BCUT2D eigenvalue weighted by Gasteiger charge is 2.61. The van der Waals surface area contributed by atoms with Crippen LogP contribution in [0.25, 0.3) is 0 Å². The van der Waals surface area contributed by atoms with Crippen molar-refractivity contribution in [3.63, 3.8) is 0 Å². The molecule has 6 rings (SSSR count). The van der Waals surface area contributed by atoms with E-state index in [2.05, 4.69) is 10.6 Å². The number of allylic oxidation sites excluding steroid dienone is 1. The zero-order valence-electron chi connectivity index (χ0n) is 26.3. The summed E-state index contributed by atoms with van der Waals surface area (Å²) in [5.41, 5.74) is -2.17. The zero-order chi connectivity index (χ0) is 35.1. The number of benzene rings is 2. The third kappa shape index (κ3) is 7.20. The molecule has 2 fully saturated rings. The molecular weight excluding hydrogens is 655 g/mol. The van der Waals surface area contributed by atoms with Crippen LogP contribution < -0.4 is 10.6 Å². The van der Waals surface area contributed by atoms with Crippen LogP contribution in [0.1, 0.15) is 61.6 Å². The highest BCUT2D eigenvalue weighted by Crippen LogP contribution is 2.45. The van der Waals surface area contributed by atoms with Crippen LogP contribution in [0.3, 0.4) is 0 Å². The first-order chi connectivity index (χ1) is 23.2. The molecule has 262 valence electrons. The fourth-order valence-electron chi connectivity index (χ4n) is 6.91.